The summed E-state index contributed by atoms with van der Waals surface area (Å²) in [7, 11) is 0. The van der Waals surface area contributed by atoms with E-state index in [4.69, 9.17) is 0 Å². The first kappa shape index (κ1) is 13.0. The van der Waals surface area contributed by atoms with Crippen molar-refractivity contribution in [3.63, 3.8) is 0 Å². The molecule has 0 saturated carbocycles. The molecule has 0 aromatic carbocycles. The second-order valence-electron chi connectivity index (χ2n) is 5.38. The van der Waals surface area contributed by atoms with E-state index in [0.29, 0.717) is 11.7 Å². The van der Waals surface area contributed by atoms with Crippen LogP contribution >= 0.6 is 0 Å². The zero-order valence-corrected chi connectivity index (χ0v) is 11.9. The van der Waals surface area contributed by atoms with Gasteiger partial charge < -0.3 is 15.7 Å². The molecular weight excluding hydrogens is 280 g/mol. The van der Waals surface area contributed by atoms with Crippen LogP contribution in [0.2, 0.25) is 0 Å². The van der Waals surface area contributed by atoms with E-state index in [1.807, 2.05) is 0 Å². The summed E-state index contributed by atoms with van der Waals surface area (Å²) in [5.41, 5.74) is 2.27. The van der Waals surface area contributed by atoms with Crippen LogP contribution in [-0.2, 0) is 0 Å². The molecule has 0 amide bonds. The van der Waals surface area contributed by atoms with E-state index in [2.05, 4.69) is 25.6 Å². The van der Waals surface area contributed by atoms with Gasteiger partial charge in [0, 0.05) is 12.6 Å². The first-order valence-corrected chi connectivity index (χ1v) is 7.25. The smallest absolute Gasteiger partial charge is 0.145 e. The van der Waals surface area contributed by atoms with Crippen molar-refractivity contribution in [1.29, 1.82) is 0 Å². The van der Waals surface area contributed by atoms with Crippen molar-refractivity contribution in [1.82, 2.24) is 24.7 Å². The molecule has 1 saturated heterocycles. The fraction of sp³-hybridized carbons (Fsp3) is 0.267. The van der Waals surface area contributed by atoms with Gasteiger partial charge in [-0.2, -0.15) is 0 Å². The number of nitrogens with zero attached hydrogens (tertiary/aromatic N) is 4. The van der Waals surface area contributed by atoms with Gasteiger partial charge in [-0.3, -0.25) is 9.38 Å². The Labute approximate surface area is 127 Å². The van der Waals surface area contributed by atoms with Crippen LogP contribution in [0, 0.1) is 0 Å². The number of fused-ring (bicyclic) bond motifs is 1. The first-order chi connectivity index (χ1) is 10.8. The molecule has 0 bridgehead atoms. The van der Waals surface area contributed by atoms with Gasteiger partial charge in [-0.15, -0.1) is 0 Å². The minimum Gasteiger partial charge on any atom is -0.506 e. The van der Waals surface area contributed by atoms with Gasteiger partial charge in [-0.05, 0) is 25.1 Å². The van der Waals surface area contributed by atoms with Gasteiger partial charge in [-0.25, -0.2) is 9.97 Å². The van der Waals surface area contributed by atoms with E-state index in [0.717, 1.165) is 36.7 Å². The van der Waals surface area contributed by atoms with Crippen LogP contribution in [0.15, 0.2) is 36.9 Å². The molecule has 3 N–H and O–H groups in total. The molecule has 7 nitrogen and oxygen atoms in total. The molecule has 0 spiro atoms. The molecule has 1 unspecified atom stereocenters. The van der Waals surface area contributed by atoms with Gasteiger partial charge in [0.05, 0.1) is 30.5 Å². The Morgan fingerprint density at radius 1 is 1.27 bits per heavy atom. The van der Waals surface area contributed by atoms with E-state index in [9.17, 15) is 5.11 Å². The largest absolute Gasteiger partial charge is 0.506 e. The minimum absolute atomic E-state index is 0.186. The number of rotatable bonds is 3. The van der Waals surface area contributed by atoms with Crippen molar-refractivity contribution in [2.24, 2.45) is 0 Å². The summed E-state index contributed by atoms with van der Waals surface area (Å²) in [6.07, 6.45) is 7.86. The number of hydrogen-bond donors (Lipinski definition) is 3. The third-order valence-electron chi connectivity index (χ3n) is 3.80. The van der Waals surface area contributed by atoms with E-state index in [1.165, 1.54) is 0 Å². The van der Waals surface area contributed by atoms with Crippen LogP contribution in [0.5, 0.6) is 5.75 Å². The van der Waals surface area contributed by atoms with Crippen LogP contribution in [0.1, 0.15) is 6.42 Å². The van der Waals surface area contributed by atoms with E-state index < -0.39 is 0 Å². The molecule has 1 aliphatic heterocycles. The molecule has 7 heteroatoms. The molecular formula is C15H16N6O. The number of anilines is 1. The predicted molar refractivity (Wildman–Crippen MR) is 82.8 cm³/mol. The number of nitrogens with one attached hydrogen (secondary N) is 2. The Morgan fingerprint density at radius 2 is 2.23 bits per heavy atom. The van der Waals surface area contributed by atoms with Gasteiger partial charge in [0.15, 0.2) is 0 Å². The normalized spacial score (nSPS) is 17.9. The van der Waals surface area contributed by atoms with E-state index >= 15 is 0 Å². The number of pyridine rings is 1. The SMILES string of the molecule is Oc1ccc2ncc(-c3cncc(NC4CCNC4)n3)n2c1. The lowest BCUT2D eigenvalue weighted by Crippen LogP contribution is -2.22. The molecule has 1 aliphatic rings. The van der Waals surface area contributed by atoms with Crippen LogP contribution < -0.4 is 10.6 Å². The van der Waals surface area contributed by atoms with Crippen molar-refractivity contribution >= 4 is 11.5 Å². The van der Waals surface area contributed by atoms with Gasteiger partial charge in [-0.1, -0.05) is 0 Å². The third-order valence-corrected chi connectivity index (χ3v) is 3.80. The van der Waals surface area contributed by atoms with Crippen LogP contribution in [-0.4, -0.2) is 43.6 Å². The maximum atomic E-state index is 9.66. The molecule has 4 heterocycles. The lowest BCUT2D eigenvalue weighted by Gasteiger charge is -2.12. The monoisotopic (exact) mass is 296 g/mol. The highest BCUT2D eigenvalue weighted by Gasteiger charge is 2.15. The van der Waals surface area contributed by atoms with Crippen molar-refractivity contribution in [2.45, 2.75) is 12.5 Å². The standard InChI is InChI=1S/C15H16N6O/c22-11-1-2-15-18-7-13(21(15)9-11)12-6-17-8-14(20-12)19-10-3-4-16-5-10/h1-2,6-10,16,22H,3-5H2,(H,19,20). The molecule has 3 aromatic rings. The van der Waals surface area contributed by atoms with E-state index in [-0.39, 0.29) is 5.75 Å². The molecule has 0 radical (unpaired) electrons. The Hall–Kier alpha value is -2.67. The maximum absolute atomic E-state index is 9.66. The van der Waals surface area contributed by atoms with Crippen LogP contribution in [0.3, 0.4) is 0 Å². The average molecular weight is 296 g/mol. The topological polar surface area (TPSA) is 87.4 Å². The lowest BCUT2D eigenvalue weighted by molar-refractivity contribution is 0.472. The molecule has 3 aromatic heterocycles. The summed E-state index contributed by atoms with van der Waals surface area (Å²) < 4.78 is 1.81. The highest BCUT2D eigenvalue weighted by Crippen LogP contribution is 2.22. The quantitative estimate of drug-likeness (QED) is 0.675. The highest BCUT2D eigenvalue weighted by molar-refractivity contribution is 5.61. The maximum Gasteiger partial charge on any atom is 0.145 e. The second kappa shape index (κ2) is 5.27. The summed E-state index contributed by atoms with van der Waals surface area (Å²) in [5, 5.41) is 16.4. The molecule has 22 heavy (non-hydrogen) atoms. The van der Waals surface area contributed by atoms with Crippen LogP contribution in [0.25, 0.3) is 17.0 Å². The average Bonchev–Trinajstić information content (AvgIpc) is 3.16. The molecule has 1 atom stereocenters. The summed E-state index contributed by atoms with van der Waals surface area (Å²) in [5.74, 6) is 0.937. The summed E-state index contributed by atoms with van der Waals surface area (Å²) in [4.78, 5) is 13.2. The number of aromatic hydroxyl groups is 1. The Balaban J connectivity index is 1.70. The van der Waals surface area contributed by atoms with Gasteiger partial charge in [0.2, 0.25) is 0 Å². The zero-order chi connectivity index (χ0) is 14.9. The van der Waals surface area contributed by atoms with Gasteiger partial charge >= 0.3 is 0 Å². The van der Waals surface area contributed by atoms with Crippen molar-refractivity contribution < 1.29 is 5.11 Å². The predicted octanol–water partition coefficient (Wildman–Crippen LogP) is 1.27. The van der Waals surface area contributed by atoms with Crippen molar-refractivity contribution in [2.75, 3.05) is 18.4 Å². The number of hydrogen-bond acceptors (Lipinski definition) is 6. The number of aromatic nitrogens is 4. The van der Waals surface area contributed by atoms with Gasteiger partial charge in [0.1, 0.15) is 22.9 Å². The van der Waals surface area contributed by atoms with Crippen molar-refractivity contribution in [3.8, 4) is 17.1 Å². The van der Waals surface area contributed by atoms with E-state index in [1.54, 1.807) is 41.3 Å². The Kier molecular flexibility index (Phi) is 3.12. The van der Waals surface area contributed by atoms with Crippen LogP contribution in [0.4, 0.5) is 5.82 Å². The Bertz CT molecular complexity index is 809. The minimum atomic E-state index is 0.186. The third kappa shape index (κ3) is 2.35. The lowest BCUT2D eigenvalue weighted by atomic mass is 10.2. The van der Waals surface area contributed by atoms with Gasteiger partial charge in [0.25, 0.3) is 0 Å². The fourth-order valence-electron chi connectivity index (χ4n) is 2.70. The Morgan fingerprint density at radius 3 is 3.09 bits per heavy atom. The highest BCUT2D eigenvalue weighted by atomic mass is 16.3. The summed E-state index contributed by atoms with van der Waals surface area (Å²) >= 11 is 0. The summed E-state index contributed by atoms with van der Waals surface area (Å²) in [6, 6.07) is 3.76. The van der Waals surface area contributed by atoms with Crippen molar-refractivity contribution in [3.05, 3.63) is 36.9 Å². The first-order valence-electron chi connectivity index (χ1n) is 7.25. The fourth-order valence-corrected chi connectivity index (χ4v) is 2.70. The zero-order valence-electron chi connectivity index (χ0n) is 11.9. The second-order valence-corrected chi connectivity index (χ2v) is 5.38. The molecule has 4 rings (SSSR count). The molecule has 112 valence electrons. The summed E-state index contributed by atoms with van der Waals surface area (Å²) in [6.45, 7) is 1.96. The molecule has 0 aliphatic carbocycles. The number of imidazole rings is 1. The molecule has 1 fully saturated rings.